The van der Waals surface area contributed by atoms with Gasteiger partial charge in [-0.2, -0.15) is 0 Å². The molecule has 0 amide bonds. The van der Waals surface area contributed by atoms with Gasteiger partial charge in [-0.05, 0) is 26.9 Å². The third-order valence-electron chi connectivity index (χ3n) is 1.83. The molecule has 0 saturated carbocycles. The van der Waals surface area contributed by atoms with Gasteiger partial charge in [0, 0.05) is 6.54 Å². The first-order chi connectivity index (χ1) is 5.79. The third kappa shape index (κ3) is 3.54. The molecule has 0 aliphatic heterocycles. The van der Waals surface area contributed by atoms with E-state index < -0.39 is 0 Å². The van der Waals surface area contributed by atoms with Gasteiger partial charge in [0.1, 0.15) is 0 Å². The van der Waals surface area contributed by atoms with Crippen molar-refractivity contribution >= 4 is 0 Å². The van der Waals surface area contributed by atoms with E-state index in [1.807, 2.05) is 0 Å². The number of allylic oxidation sites excluding steroid dienone is 5. The van der Waals surface area contributed by atoms with Gasteiger partial charge in [-0.25, -0.2) is 0 Å². The van der Waals surface area contributed by atoms with Crippen molar-refractivity contribution in [3.8, 4) is 0 Å². The van der Waals surface area contributed by atoms with Crippen LogP contribution < -0.4 is 0 Å². The smallest absolute Gasteiger partial charge is 0.0189 e. The number of hydrogen-bond donors (Lipinski definition) is 0. The van der Waals surface area contributed by atoms with Crippen LogP contribution in [0.5, 0.6) is 0 Å². The molecule has 66 valence electrons. The van der Waals surface area contributed by atoms with E-state index in [1.54, 1.807) is 0 Å². The highest BCUT2D eigenvalue weighted by atomic mass is 15.0. The SMILES string of the molecule is CN(C)CC1=CCC=CC=CC1. The fourth-order valence-corrected chi connectivity index (χ4v) is 1.31. The molecule has 0 radical (unpaired) electrons. The van der Waals surface area contributed by atoms with Crippen LogP contribution in [0.1, 0.15) is 12.8 Å². The summed E-state index contributed by atoms with van der Waals surface area (Å²) in [6.07, 6.45) is 13.1. The van der Waals surface area contributed by atoms with Crippen molar-refractivity contribution in [2.75, 3.05) is 20.6 Å². The molecule has 0 spiro atoms. The minimum Gasteiger partial charge on any atom is -0.305 e. The van der Waals surface area contributed by atoms with Crippen LogP contribution >= 0.6 is 0 Å². The standard InChI is InChI=1S/C11H17N/c1-12(2)10-11-8-6-4-3-5-7-9-11/h3-6,9H,7-8,10H2,1-2H3. The van der Waals surface area contributed by atoms with Gasteiger partial charge >= 0.3 is 0 Å². The first kappa shape index (κ1) is 9.27. The Hall–Kier alpha value is -0.820. The Labute approximate surface area is 75.1 Å². The lowest BCUT2D eigenvalue weighted by molar-refractivity contribution is 0.442. The maximum absolute atomic E-state index is 2.32. The Kier molecular flexibility index (Phi) is 3.81. The van der Waals surface area contributed by atoms with Gasteiger partial charge in [0.05, 0.1) is 0 Å². The summed E-state index contributed by atoms with van der Waals surface area (Å²) in [6, 6.07) is 0. The maximum Gasteiger partial charge on any atom is 0.0189 e. The maximum atomic E-state index is 2.32. The molecule has 12 heavy (non-hydrogen) atoms. The van der Waals surface area contributed by atoms with E-state index in [0.717, 1.165) is 19.4 Å². The van der Waals surface area contributed by atoms with Crippen LogP contribution in [-0.2, 0) is 0 Å². The van der Waals surface area contributed by atoms with Gasteiger partial charge < -0.3 is 4.90 Å². The Bertz CT molecular complexity index is 209. The van der Waals surface area contributed by atoms with Gasteiger partial charge in [0.15, 0.2) is 0 Å². The van der Waals surface area contributed by atoms with Crippen molar-refractivity contribution < 1.29 is 0 Å². The molecule has 0 N–H and O–H groups in total. The van der Waals surface area contributed by atoms with Crippen LogP contribution in [0.15, 0.2) is 36.0 Å². The molecule has 1 rings (SSSR count). The first-order valence-corrected chi connectivity index (χ1v) is 4.43. The number of hydrogen-bond acceptors (Lipinski definition) is 1. The average Bonchev–Trinajstić information content (AvgIpc) is 1.93. The zero-order chi connectivity index (χ0) is 8.81. The minimum absolute atomic E-state index is 1.08. The molecule has 0 aromatic carbocycles. The van der Waals surface area contributed by atoms with E-state index in [0.29, 0.717) is 0 Å². The van der Waals surface area contributed by atoms with E-state index in [9.17, 15) is 0 Å². The molecular weight excluding hydrogens is 146 g/mol. The van der Waals surface area contributed by atoms with E-state index in [1.165, 1.54) is 5.57 Å². The highest BCUT2D eigenvalue weighted by Gasteiger charge is 1.97. The van der Waals surface area contributed by atoms with Gasteiger partial charge in [0.25, 0.3) is 0 Å². The largest absolute Gasteiger partial charge is 0.305 e. The van der Waals surface area contributed by atoms with Crippen LogP contribution in [0.2, 0.25) is 0 Å². The highest BCUT2D eigenvalue weighted by Crippen LogP contribution is 2.08. The van der Waals surface area contributed by atoms with E-state index in [4.69, 9.17) is 0 Å². The predicted molar refractivity (Wildman–Crippen MR) is 54.2 cm³/mol. The van der Waals surface area contributed by atoms with Gasteiger partial charge in [0.2, 0.25) is 0 Å². The molecule has 0 atom stereocenters. The van der Waals surface area contributed by atoms with Crippen LogP contribution in [-0.4, -0.2) is 25.5 Å². The van der Waals surface area contributed by atoms with Crippen molar-refractivity contribution in [1.82, 2.24) is 4.90 Å². The monoisotopic (exact) mass is 163 g/mol. The zero-order valence-electron chi connectivity index (χ0n) is 7.96. The summed E-state index contributed by atoms with van der Waals surface area (Å²) >= 11 is 0. The zero-order valence-corrected chi connectivity index (χ0v) is 7.96. The van der Waals surface area contributed by atoms with Crippen molar-refractivity contribution in [2.24, 2.45) is 0 Å². The predicted octanol–water partition coefficient (Wildman–Crippen LogP) is 2.38. The molecule has 1 aliphatic rings. The fourth-order valence-electron chi connectivity index (χ4n) is 1.31. The summed E-state index contributed by atoms with van der Waals surface area (Å²) in [7, 11) is 4.22. The lowest BCUT2D eigenvalue weighted by atomic mass is 10.1. The highest BCUT2D eigenvalue weighted by molar-refractivity contribution is 5.17. The molecule has 0 heterocycles. The number of rotatable bonds is 2. The molecule has 1 heteroatoms. The van der Waals surface area contributed by atoms with Gasteiger partial charge in [-0.15, -0.1) is 0 Å². The third-order valence-corrected chi connectivity index (χ3v) is 1.83. The molecule has 1 aliphatic carbocycles. The van der Waals surface area contributed by atoms with Gasteiger partial charge in [-0.1, -0.05) is 36.0 Å². The van der Waals surface area contributed by atoms with E-state index in [-0.39, 0.29) is 0 Å². The number of likely N-dealkylation sites (N-methyl/N-ethyl adjacent to an activating group) is 1. The van der Waals surface area contributed by atoms with Crippen LogP contribution in [0, 0.1) is 0 Å². The van der Waals surface area contributed by atoms with Crippen molar-refractivity contribution in [3.63, 3.8) is 0 Å². The van der Waals surface area contributed by atoms with Crippen molar-refractivity contribution in [3.05, 3.63) is 36.0 Å². The summed E-state index contributed by atoms with van der Waals surface area (Å²) in [6.45, 7) is 1.08. The lowest BCUT2D eigenvalue weighted by Gasteiger charge is -2.12. The Morgan fingerprint density at radius 2 is 2.00 bits per heavy atom. The summed E-state index contributed by atoms with van der Waals surface area (Å²) < 4.78 is 0. The first-order valence-electron chi connectivity index (χ1n) is 4.43. The molecular formula is C11H17N. The summed E-state index contributed by atoms with van der Waals surface area (Å²) in [5.41, 5.74) is 1.51. The second kappa shape index (κ2) is 4.94. The molecule has 0 unspecified atom stereocenters. The Morgan fingerprint density at radius 3 is 2.75 bits per heavy atom. The normalized spacial score (nSPS) is 17.4. The second-order valence-electron chi connectivity index (χ2n) is 3.40. The molecule has 0 saturated heterocycles. The lowest BCUT2D eigenvalue weighted by Crippen LogP contribution is -2.14. The molecule has 0 fully saturated rings. The van der Waals surface area contributed by atoms with Crippen LogP contribution in [0.25, 0.3) is 0 Å². The molecule has 0 bridgehead atoms. The topological polar surface area (TPSA) is 3.24 Å². The summed E-state index contributed by atoms with van der Waals surface area (Å²) in [5.74, 6) is 0. The number of nitrogens with zero attached hydrogens (tertiary/aromatic N) is 1. The van der Waals surface area contributed by atoms with Crippen molar-refractivity contribution in [2.45, 2.75) is 12.8 Å². The average molecular weight is 163 g/mol. The quantitative estimate of drug-likeness (QED) is 0.565. The van der Waals surface area contributed by atoms with Crippen LogP contribution in [0.3, 0.4) is 0 Å². The van der Waals surface area contributed by atoms with Crippen LogP contribution in [0.4, 0.5) is 0 Å². The summed E-state index contributed by atoms with van der Waals surface area (Å²) in [5, 5.41) is 0. The molecule has 1 nitrogen and oxygen atoms in total. The van der Waals surface area contributed by atoms with E-state index in [2.05, 4.69) is 49.4 Å². The second-order valence-corrected chi connectivity index (χ2v) is 3.40. The van der Waals surface area contributed by atoms with E-state index >= 15 is 0 Å². The Balaban J connectivity index is 2.51. The van der Waals surface area contributed by atoms with Crippen molar-refractivity contribution in [1.29, 1.82) is 0 Å². The minimum atomic E-state index is 1.08. The van der Waals surface area contributed by atoms with Gasteiger partial charge in [-0.3, -0.25) is 0 Å². The fraction of sp³-hybridized carbons (Fsp3) is 0.455. The Morgan fingerprint density at radius 1 is 1.25 bits per heavy atom. The summed E-state index contributed by atoms with van der Waals surface area (Å²) in [4.78, 5) is 2.21. The molecule has 0 aromatic heterocycles. The molecule has 0 aromatic rings.